The van der Waals surface area contributed by atoms with Crippen molar-refractivity contribution >= 4 is 34.9 Å². The maximum absolute atomic E-state index is 13.0. The van der Waals surface area contributed by atoms with E-state index in [9.17, 15) is 29.1 Å². The molecular formula is C25H33N5O7. The molecule has 200 valence electrons. The zero-order chi connectivity index (χ0) is 27.1. The summed E-state index contributed by atoms with van der Waals surface area (Å²) >= 11 is 0. The number of carboxylic acids is 1. The molecule has 3 amide bonds. The Balaban J connectivity index is 1.48. The van der Waals surface area contributed by atoms with Crippen molar-refractivity contribution in [3.8, 4) is 0 Å². The number of fused-ring (bicyclic) bond motifs is 1. The van der Waals surface area contributed by atoms with E-state index < -0.39 is 35.7 Å². The predicted octanol–water partition coefficient (Wildman–Crippen LogP) is 0.866. The highest BCUT2D eigenvalue weighted by Gasteiger charge is 2.36. The number of amides is 3. The molecule has 1 aromatic carbocycles. The highest BCUT2D eigenvalue weighted by Crippen LogP contribution is 2.24. The minimum Gasteiger partial charge on any atom is -0.480 e. The molecule has 12 heteroatoms. The third kappa shape index (κ3) is 5.53. The predicted molar refractivity (Wildman–Crippen MR) is 133 cm³/mol. The van der Waals surface area contributed by atoms with Crippen molar-refractivity contribution in [1.29, 1.82) is 0 Å². The van der Waals surface area contributed by atoms with Gasteiger partial charge in [-0.05, 0) is 51.3 Å². The molecule has 3 heterocycles. The quantitative estimate of drug-likeness (QED) is 0.559. The number of rotatable bonds is 5. The summed E-state index contributed by atoms with van der Waals surface area (Å²) in [4.78, 5) is 64.5. The molecule has 0 bridgehead atoms. The van der Waals surface area contributed by atoms with Crippen molar-refractivity contribution in [3.05, 3.63) is 34.2 Å². The van der Waals surface area contributed by atoms with Gasteiger partial charge in [0.2, 0.25) is 11.8 Å². The number of aryl methyl sites for hydroxylation is 1. The van der Waals surface area contributed by atoms with Gasteiger partial charge in [-0.2, -0.15) is 0 Å². The van der Waals surface area contributed by atoms with Crippen molar-refractivity contribution in [3.63, 3.8) is 0 Å². The van der Waals surface area contributed by atoms with E-state index in [1.54, 1.807) is 33.9 Å². The number of ether oxygens (including phenoxy) is 1. The number of benzene rings is 1. The first-order chi connectivity index (χ1) is 17.4. The summed E-state index contributed by atoms with van der Waals surface area (Å²) in [7, 11) is 1.63. The van der Waals surface area contributed by atoms with Gasteiger partial charge in [0.25, 0.3) is 0 Å². The summed E-state index contributed by atoms with van der Waals surface area (Å²) in [5.41, 5.74) is 1.15. The van der Waals surface area contributed by atoms with Gasteiger partial charge in [0, 0.05) is 33.1 Å². The number of aromatic nitrogens is 2. The van der Waals surface area contributed by atoms with Crippen LogP contribution < -0.4 is 11.0 Å². The van der Waals surface area contributed by atoms with Crippen LogP contribution >= 0.6 is 0 Å². The molecule has 0 radical (unpaired) electrons. The molecule has 2 aliphatic heterocycles. The van der Waals surface area contributed by atoms with Crippen LogP contribution in [0.5, 0.6) is 0 Å². The molecule has 1 aromatic heterocycles. The average Bonchev–Trinajstić information content (AvgIpc) is 3.06. The van der Waals surface area contributed by atoms with Gasteiger partial charge < -0.3 is 14.7 Å². The van der Waals surface area contributed by atoms with Crippen molar-refractivity contribution < 1.29 is 29.0 Å². The Morgan fingerprint density at radius 1 is 1.14 bits per heavy atom. The zero-order valence-corrected chi connectivity index (χ0v) is 21.5. The van der Waals surface area contributed by atoms with E-state index in [0.717, 1.165) is 5.56 Å². The topological polar surface area (TPSA) is 143 Å². The molecule has 2 unspecified atom stereocenters. The molecule has 2 aromatic rings. The second kappa shape index (κ2) is 10.0. The van der Waals surface area contributed by atoms with E-state index >= 15 is 0 Å². The number of carbonyl (C=O) groups excluding carboxylic acids is 3. The molecule has 37 heavy (non-hydrogen) atoms. The highest BCUT2D eigenvalue weighted by molar-refractivity contribution is 6.00. The Morgan fingerprint density at radius 3 is 2.51 bits per heavy atom. The number of imide groups is 1. The Morgan fingerprint density at radius 2 is 1.86 bits per heavy atom. The summed E-state index contributed by atoms with van der Waals surface area (Å²) in [6.45, 7) is 6.54. The van der Waals surface area contributed by atoms with E-state index in [1.807, 2.05) is 17.0 Å². The minimum atomic E-state index is -1.01. The summed E-state index contributed by atoms with van der Waals surface area (Å²) < 4.78 is 8.30. The largest absolute Gasteiger partial charge is 0.480 e. The number of hydrogen-bond donors (Lipinski definition) is 2. The summed E-state index contributed by atoms with van der Waals surface area (Å²) in [6.07, 6.45) is 0.440. The van der Waals surface area contributed by atoms with Gasteiger partial charge in [-0.1, -0.05) is 6.07 Å². The molecular weight excluding hydrogens is 482 g/mol. The lowest BCUT2D eigenvalue weighted by Crippen LogP contribution is -2.58. The third-order valence-corrected chi connectivity index (χ3v) is 6.79. The number of piperazine rings is 1. The monoisotopic (exact) mass is 515 g/mol. The lowest BCUT2D eigenvalue weighted by Gasteiger charge is -2.39. The van der Waals surface area contributed by atoms with Crippen LogP contribution in [0.1, 0.15) is 45.2 Å². The SMILES string of the molecule is Cn1c(=O)n(C2CCC(=O)NC2=O)c2ccc(CCN3CCN(C(=O)OC(C)(C)C)CC3C(=O)O)cc21. The van der Waals surface area contributed by atoms with Crippen LogP contribution in [0.2, 0.25) is 0 Å². The lowest BCUT2D eigenvalue weighted by atomic mass is 10.1. The summed E-state index contributed by atoms with van der Waals surface area (Å²) in [5, 5.41) is 12.1. The fourth-order valence-electron chi connectivity index (χ4n) is 4.88. The van der Waals surface area contributed by atoms with Crippen LogP contribution in [-0.2, 0) is 32.6 Å². The van der Waals surface area contributed by atoms with Gasteiger partial charge in [0.1, 0.15) is 17.7 Å². The molecule has 2 fully saturated rings. The van der Waals surface area contributed by atoms with Gasteiger partial charge in [-0.3, -0.25) is 33.7 Å². The normalized spacial score (nSPS) is 21.2. The number of piperidine rings is 1. The van der Waals surface area contributed by atoms with Crippen molar-refractivity contribution in [2.75, 3.05) is 26.2 Å². The van der Waals surface area contributed by atoms with Crippen molar-refractivity contribution in [2.45, 2.75) is 57.7 Å². The minimum absolute atomic E-state index is 0.0343. The zero-order valence-electron chi connectivity index (χ0n) is 21.5. The number of aliphatic carboxylic acids is 1. The fraction of sp³-hybridized carbons (Fsp3) is 0.560. The molecule has 2 saturated heterocycles. The smallest absolute Gasteiger partial charge is 0.410 e. The second-order valence-electron chi connectivity index (χ2n) is 10.6. The number of nitrogens with one attached hydrogen (secondary N) is 1. The van der Waals surface area contributed by atoms with Crippen molar-refractivity contribution in [2.24, 2.45) is 7.05 Å². The van der Waals surface area contributed by atoms with Crippen molar-refractivity contribution in [1.82, 2.24) is 24.3 Å². The van der Waals surface area contributed by atoms with E-state index in [1.165, 1.54) is 14.0 Å². The third-order valence-electron chi connectivity index (χ3n) is 6.79. The number of carbonyl (C=O) groups is 4. The number of carboxylic acid groups (broad SMARTS) is 1. The number of imidazole rings is 1. The maximum atomic E-state index is 13.0. The van der Waals surface area contributed by atoms with Gasteiger partial charge in [-0.15, -0.1) is 0 Å². The molecule has 2 aliphatic rings. The van der Waals surface area contributed by atoms with Crippen LogP contribution in [0.15, 0.2) is 23.0 Å². The molecule has 2 N–H and O–H groups in total. The molecule has 12 nitrogen and oxygen atoms in total. The fourth-order valence-corrected chi connectivity index (χ4v) is 4.88. The number of nitrogens with zero attached hydrogens (tertiary/aromatic N) is 4. The Bertz CT molecular complexity index is 1300. The first-order valence-electron chi connectivity index (χ1n) is 12.3. The van der Waals surface area contributed by atoms with Crippen LogP contribution in [0.3, 0.4) is 0 Å². The van der Waals surface area contributed by atoms with Crippen LogP contribution in [0, 0.1) is 0 Å². The lowest BCUT2D eigenvalue weighted by molar-refractivity contribution is -0.145. The van der Waals surface area contributed by atoms with Crippen LogP contribution in [0.25, 0.3) is 11.0 Å². The van der Waals surface area contributed by atoms with E-state index in [0.29, 0.717) is 37.1 Å². The van der Waals surface area contributed by atoms with Gasteiger partial charge in [0.15, 0.2) is 0 Å². The van der Waals surface area contributed by atoms with Crippen LogP contribution in [-0.4, -0.2) is 85.7 Å². The summed E-state index contributed by atoms with van der Waals surface area (Å²) in [6, 6.07) is 3.90. The molecule has 0 saturated carbocycles. The Labute approximate surface area is 213 Å². The van der Waals surface area contributed by atoms with E-state index in [-0.39, 0.29) is 31.0 Å². The first-order valence-corrected chi connectivity index (χ1v) is 12.3. The molecule has 4 rings (SSSR count). The summed E-state index contributed by atoms with van der Waals surface area (Å²) in [5.74, 6) is -1.84. The Kier molecular flexibility index (Phi) is 7.13. The van der Waals surface area contributed by atoms with Gasteiger partial charge >= 0.3 is 17.8 Å². The highest BCUT2D eigenvalue weighted by atomic mass is 16.6. The Hall–Kier alpha value is -3.67. The molecule has 0 aliphatic carbocycles. The average molecular weight is 516 g/mol. The van der Waals surface area contributed by atoms with E-state index in [4.69, 9.17) is 4.74 Å². The van der Waals surface area contributed by atoms with Gasteiger partial charge in [0.05, 0.1) is 17.6 Å². The molecule has 0 spiro atoms. The standard InChI is InChI=1S/C25H33N5O7/c1-25(2,3)37-24(36)29-12-11-28(19(14-29)22(33)34)10-9-15-5-6-16-18(13-15)27(4)23(35)30(16)17-7-8-20(31)26-21(17)32/h5-6,13,17,19H,7-12,14H2,1-4H3,(H,33,34)(H,26,31,32). The van der Waals surface area contributed by atoms with Crippen LogP contribution in [0.4, 0.5) is 4.79 Å². The molecule has 2 atom stereocenters. The maximum Gasteiger partial charge on any atom is 0.410 e. The van der Waals surface area contributed by atoms with E-state index in [2.05, 4.69) is 5.32 Å². The second-order valence-corrected chi connectivity index (χ2v) is 10.6. The first kappa shape index (κ1) is 26.4. The number of hydrogen-bond acceptors (Lipinski definition) is 7. The van der Waals surface area contributed by atoms with Gasteiger partial charge in [-0.25, -0.2) is 9.59 Å².